The summed E-state index contributed by atoms with van der Waals surface area (Å²) in [6.07, 6.45) is -5.02. The summed E-state index contributed by atoms with van der Waals surface area (Å²) in [4.78, 5) is 48.3. The third-order valence-corrected chi connectivity index (χ3v) is 4.21. The van der Waals surface area contributed by atoms with Gasteiger partial charge in [-0.05, 0) is 43.7 Å². The molecular weight excluding hydrogens is 459 g/mol. The fraction of sp³-hybridized carbons (Fsp3) is 0.304. The third kappa shape index (κ3) is 7.91. The molecule has 0 heterocycles. The van der Waals surface area contributed by atoms with E-state index in [1.165, 1.54) is 24.3 Å². The largest absolute Gasteiger partial charge is 0.462 e. The molecule has 0 aliphatic rings. The molecule has 0 unspecified atom stereocenters. The second kappa shape index (κ2) is 11.8. The summed E-state index contributed by atoms with van der Waals surface area (Å²) in [6.45, 7) is 2.64. The van der Waals surface area contributed by atoms with Gasteiger partial charge in [0.2, 0.25) is 0 Å². The molecule has 182 valence electrons. The number of carbonyl (C=O) groups excluding carboxylic acids is 4. The molecule has 0 aromatic heterocycles. The minimum Gasteiger partial charge on any atom is -0.462 e. The maximum Gasteiger partial charge on any atom is 0.416 e. The Morgan fingerprint density at radius 3 is 1.97 bits per heavy atom. The van der Waals surface area contributed by atoms with Crippen LogP contribution in [0, 0.1) is 0 Å². The molecule has 8 nitrogen and oxygen atoms in total. The fourth-order valence-electron chi connectivity index (χ4n) is 2.78. The highest BCUT2D eigenvalue weighted by Crippen LogP contribution is 2.29. The van der Waals surface area contributed by atoms with Crippen LogP contribution in [0.3, 0.4) is 0 Å². The number of rotatable bonds is 9. The minimum absolute atomic E-state index is 0.00996. The van der Waals surface area contributed by atoms with Gasteiger partial charge in [-0.15, -0.1) is 0 Å². The Bertz CT molecular complexity index is 1030. The first kappa shape index (κ1) is 26.4. The van der Waals surface area contributed by atoms with Crippen LogP contribution in [0.2, 0.25) is 0 Å². The van der Waals surface area contributed by atoms with E-state index in [4.69, 9.17) is 14.2 Å². The van der Waals surface area contributed by atoms with Crippen molar-refractivity contribution in [3.05, 3.63) is 64.7 Å². The van der Waals surface area contributed by atoms with E-state index < -0.39 is 48.6 Å². The molecule has 0 aliphatic carbocycles. The van der Waals surface area contributed by atoms with Crippen LogP contribution in [0.5, 0.6) is 0 Å². The van der Waals surface area contributed by atoms with E-state index in [2.05, 4.69) is 5.32 Å². The van der Waals surface area contributed by atoms with E-state index in [0.29, 0.717) is 0 Å². The number of alkyl halides is 3. The highest BCUT2D eigenvalue weighted by atomic mass is 19.4. The van der Waals surface area contributed by atoms with Crippen molar-refractivity contribution in [1.82, 2.24) is 0 Å². The average molecular weight is 481 g/mol. The lowest BCUT2D eigenvalue weighted by molar-refractivity contribution is -0.146. The Kier molecular flexibility index (Phi) is 9.17. The molecule has 0 saturated carbocycles. The zero-order valence-corrected chi connectivity index (χ0v) is 18.4. The Morgan fingerprint density at radius 2 is 1.44 bits per heavy atom. The Morgan fingerprint density at radius 1 is 0.853 bits per heavy atom. The van der Waals surface area contributed by atoms with Crippen molar-refractivity contribution < 1.29 is 46.6 Å². The molecule has 0 spiro atoms. The number of ether oxygens (including phenoxy) is 3. The molecule has 34 heavy (non-hydrogen) atoms. The lowest BCUT2D eigenvalue weighted by Gasteiger charge is -2.11. The number of halogens is 3. The zero-order chi connectivity index (χ0) is 25.3. The van der Waals surface area contributed by atoms with Crippen LogP contribution < -0.4 is 5.32 Å². The molecule has 0 saturated heterocycles. The maximum absolute atomic E-state index is 12.8. The third-order valence-electron chi connectivity index (χ3n) is 4.21. The van der Waals surface area contributed by atoms with Gasteiger partial charge in [-0.1, -0.05) is 18.2 Å². The first-order valence-corrected chi connectivity index (χ1v) is 10.1. The second-order valence-electron chi connectivity index (χ2n) is 6.82. The van der Waals surface area contributed by atoms with Gasteiger partial charge in [-0.2, -0.15) is 13.2 Å². The normalized spacial score (nSPS) is 10.9. The molecule has 1 amide bonds. The Balaban J connectivity index is 2.04. The predicted octanol–water partition coefficient (Wildman–Crippen LogP) is 3.78. The van der Waals surface area contributed by atoms with Crippen molar-refractivity contribution in [3.8, 4) is 0 Å². The van der Waals surface area contributed by atoms with Crippen LogP contribution in [-0.4, -0.2) is 43.6 Å². The summed E-state index contributed by atoms with van der Waals surface area (Å²) >= 11 is 0. The molecule has 0 atom stereocenters. The van der Waals surface area contributed by atoms with Crippen LogP contribution >= 0.6 is 0 Å². The van der Waals surface area contributed by atoms with Crippen molar-refractivity contribution in [2.24, 2.45) is 0 Å². The van der Waals surface area contributed by atoms with Crippen molar-refractivity contribution in [3.63, 3.8) is 0 Å². The predicted molar refractivity (Wildman–Crippen MR) is 113 cm³/mol. The number of carbonyl (C=O) groups is 4. The van der Waals surface area contributed by atoms with Gasteiger partial charge in [0, 0.05) is 5.69 Å². The summed E-state index contributed by atoms with van der Waals surface area (Å²) < 4.78 is 53.0. The first-order chi connectivity index (χ1) is 16.0. The van der Waals surface area contributed by atoms with E-state index in [1.54, 1.807) is 13.8 Å². The minimum atomic E-state index is -4.56. The van der Waals surface area contributed by atoms with Gasteiger partial charge in [-0.3, -0.25) is 9.59 Å². The van der Waals surface area contributed by atoms with E-state index in [0.717, 1.165) is 18.2 Å². The number of amides is 1. The number of hydrogen-bond donors (Lipinski definition) is 1. The maximum atomic E-state index is 12.8. The van der Waals surface area contributed by atoms with E-state index >= 15 is 0 Å². The summed E-state index contributed by atoms with van der Waals surface area (Å²) in [5.41, 5.74) is -0.808. The van der Waals surface area contributed by atoms with Gasteiger partial charge in [0.25, 0.3) is 5.91 Å². The lowest BCUT2D eigenvalue weighted by atomic mass is 10.1. The number of hydrogen-bond acceptors (Lipinski definition) is 7. The molecule has 0 fully saturated rings. The van der Waals surface area contributed by atoms with Gasteiger partial charge in [-0.25, -0.2) is 9.59 Å². The topological polar surface area (TPSA) is 108 Å². The number of nitrogens with one attached hydrogen (secondary N) is 1. The van der Waals surface area contributed by atoms with Gasteiger partial charge in [0.15, 0.2) is 6.61 Å². The van der Waals surface area contributed by atoms with Crippen molar-refractivity contribution in [2.45, 2.75) is 26.4 Å². The quantitative estimate of drug-likeness (QED) is 0.429. The molecule has 0 bridgehead atoms. The summed E-state index contributed by atoms with van der Waals surface area (Å²) in [5.74, 6) is -3.16. The second-order valence-corrected chi connectivity index (χ2v) is 6.82. The van der Waals surface area contributed by atoms with Crippen molar-refractivity contribution in [2.75, 3.05) is 25.1 Å². The smallest absolute Gasteiger partial charge is 0.416 e. The number of esters is 3. The molecule has 0 aliphatic heterocycles. The van der Waals surface area contributed by atoms with Crippen LogP contribution in [0.4, 0.5) is 18.9 Å². The SMILES string of the molecule is CCOC(=O)c1cc(NC(=O)COC(=O)Cc2cccc(C(F)(F)F)c2)cc(C(=O)OCC)c1. The molecule has 1 N–H and O–H groups in total. The van der Waals surface area contributed by atoms with Crippen molar-refractivity contribution in [1.29, 1.82) is 0 Å². The Hall–Kier alpha value is -3.89. The number of anilines is 1. The van der Waals surface area contributed by atoms with Gasteiger partial charge >= 0.3 is 24.1 Å². The average Bonchev–Trinajstić information content (AvgIpc) is 2.77. The summed E-state index contributed by atoms with van der Waals surface area (Å²) in [6, 6.07) is 7.97. The lowest BCUT2D eigenvalue weighted by Crippen LogP contribution is -2.22. The van der Waals surface area contributed by atoms with Crippen LogP contribution in [0.1, 0.15) is 45.7 Å². The molecule has 2 aromatic carbocycles. The van der Waals surface area contributed by atoms with Crippen molar-refractivity contribution >= 4 is 29.5 Å². The zero-order valence-electron chi connectivity index (χ0n) is 18.4. The van der Waals surface area contributed by atoms with Gasteiger partial charge in [0.1, 0.15) is 0 Å². The molecule has 2 rings (SSSR count). The standard InChI is InChI=1S/C23H22F3NO7/c1-3-32-21(30)15-10-16(22(31)33-4-2)12-18(11-15)27-19(28)13-34-20(29)9-14-6-5-7-17(8-14)23(24,25)26/h5-8,10-12H,3-4,9,13H2,1-2H3,(H,27,28). The summed E-state index contributed by atoms with van der Waals surface area (Å²) in [7, 11) is 0. The van der Waals surface area contributed by atoms with Gasteiger partial charge < -0.3 is 19.5 Å². The highest BCUT2D eigenvalue weighted by Gasteiger charge is 2.30. The van der Waals surface area contributed by atoms with Gasteiger partial charge in [0.05, 0.1) is 36.3 Å². The van der Waals surface area contributed by atoms with Crippen LogP contribution in [0.25, 0.3) is 0 Å². The highest BCUT2D eigenvalue weighted by molar-refractivity contribution is 6.00. The van der Waals surface area contributed by atoms with E-state index in [9.17, 15) is 32.3 Å². The van der Waals surface area contributed by atoms with E-state index in [1.807, 2.05) is 0 Å². The fourth-order valence-corrected chi connectivity index (χ4v) is 2.78. The molecule has 2 aromatic rings. The monoisotopic (exact) mass is 481 g/mol. The summed E-state index contributed by atoms with van der Waals surface area (Å²) in [5, 5.41) is 2.38. The number of benzene rings is 2. The molecule has 0 radical (unpaired) electrons. The first-order valence-electron chi connectivity index (χ1n) is 10.1. The molecular formula is C23H22F3NO7. The van der Waals surface area contributed by atoms with Crippen LogP contribution in [0.15, 0.2) is 42.5 Å². The Labute approximate surface area is 193 Å². The van der Waals surface area contributed by atoms with Crippen LogP contribution in [-0.2, 0) is 36.4 Å². The molecule has 11 heteroatoms. The van der Waals surface area contributed by atoms with E-state index in [-0.39, 0.29) is 35.6 Å².